The second-order valence-electron chi connectivity index (χ2n) is 5.19. The van der Waals surface area contributed by atoms with Gasteiger partial charge in [-0.05, 0) is 12.1 Å². The summed E-state index contributed by atoms with van der Waals surface area (Å²) in [6.07, 6.45) is -10.3. The molecule has 0 aliphatic carbocycles. The van der Waals surface area contributed by atoms with Gasteiger partial charge in [0.1, 0.15) is 5.75 Å². The lowest BCUT2D eigenvalue weighted by atomic mass is 10.3. The van der Waals surface area contributed by atoms with Crippen molar-refractivity contribution in [2.24, 2.45) is 0 Å². The zero-order valence-electron chi connectivity index (χ0n) is 13.3. The van der Waals surface area contributed by atoms with Gasteiger partial charge in [-0.25, -0.2) is 4.98 Å². The van der Waals surface area contributed by atoms with Crippen LogP contribution in [0.15, 0.2) is 27.5 Å². The number of rotatable bonds is 3. The Morgan fingerprint density at radius 2 is 1.69 bits per heavy atom. The molecule has 0 saturated carbocycles. The van der Waals surface area contributed by atoms with Crippen LogP contribution in [-0.2, 0) is 12.4 Å². The Balaban J connectivity index is 2.10. The van der Waals surface area contributed by atoms with Gasteiger partial charge >= 0.3 is 18.2 Å². The maximum atomic E-state index is 13.4. The van der Waals surface area contributed by atoms with Gasteiger partial charge in [0, 0.05) is 6.07 Å². The number of ether oxygens (including phenoxy) is 1. The molecule has 0 saturated heterocycles. The van der Waals surface area contributed by atoms with E-state index in [1.54, 1.807) is 0 Å². The Morgan fingerprint density at radius 1 is 1.00 bits per heavy atom. The first-order valence-corrected chi connectivity index (χ1v) is 7.87. The minimum Gasteiger partial charge on any atom is -0.449 e. The summed E-state index contributed by atoms with van der Waals surface area (Å²) in [6.45, 7) is 0. The summed E-state index contributed by atoms with van der Waals surface area (Å²) < 4.78 is 86.6. The molecule has 0 aliphatic heterocycles. The van der Waals surface area contributed by atoms with E-state index < -0.39 is 46.9 Å². The first kappa shape index (κ1) is 20.9. The smallest absolute Gasteiger partial charge is 0.449 e. The van der Waals surface area contributed by atoms with E-state index in [-0.39, 0.29) is 15.8 Å². The monoisotopic (exact) mass is 460 g/mol. The van der Waals surface area contributed by atoms with Crippen molar-refractivity contribution in [1.82, 2.24) is 20.1 Å². The summed E-state index contributed by atoms with van der Waals surface area (Å²) in [5, 5.41) is 2.89. The molecule has 3 aromatic rings. The summed E-state index contributed by atoms with van der Waals surface area (Å²) in [4.78, 5) is 19.9. The lowest BCUT2D eigenvalue weighted by Gasteiger charge is -2.13. The minimum absolute atomic E-state index is 0.0646. The lowest BCUT2D eigenvalue weighted by molar-refractivity contribution is -0.159. The van der Waals surface area contributed by atoms with E-state index in [2.05, 4.69) is 19.6 Å². The molecule has 0 spiro atoms. The highest BCUT2D eigenvalue weighted by Crippen LogP contribution is 2.37. The summed E-state index contributed by atoms with van der Waals surface area (Å²) >= 11 is 11.4. The molecule has 0 unspecified atom stereocenters. The van der Waals surface area contributed by atoms with Gasteiger partial charge < -0.3 is 14.2 Å². The molecule has 15 heteroatoms. The molecular formula is C14H4Cl2F6N4O3. The zero-order chi connectivity index (χ0) is 21.6. The predicted octanol–water partition coefficient (Wildman–Crippen LogP) is 4.96. The quantitative estimate of drug-likeness (QED) is 0.555. The second kappa shape index (κ2) is 7.22. The normalized spacial score (nSPS) is 12.3. The molecule has 154 valence electrons. The molecule has 1 N–H and O–H groups in total. The van der Waals surface area contributed by atoms with Gasteiger partial charge in [0.25, 0.3) is 5.56 Å². The Kier molecular flexibility index (Phi) is 5.21. The van der Waals surface area contributed by atoms with Gasteiger partial charge in [-0.3, -0.25) is 4.79 Å². The molecule has 0 amide bonds. The van der Waals surface area contributed by atoms with Crippen LogP contribution in [0.25, 0.3) is 11.6 Å². The SMILES string of the molecule is O=c1[nH]c(-c2noc(C(F)(F)F)n2)nc(C(F)(F)F)c1Oc1ccc(Cl)c(Cl)c1. The molecule has 7 nitrogen and oxygen atoms in total. The molecule has 0 atom stereocenters. The number of nitrogens with one attached hydrogen (secondary N) is 1. The largest absolute Gasteiger partial charge is 0.471 e. The number of halogens is 8. The number of alkyl halides is 6. The third-order valence-electron chi connectivity index (χ3n) is 3.14. The third-order valence-corrected chi connectivity index (χ3v) is 3.88. The van der Waals surface area contributed by atoms with Crippen LogP contribution >= 0.6 is 23.2 Å². The Bertz CT molecular complexity index is 1130. The highest BCUT2D eigenvalue weighted by molar-refractivity contribution is 6.42. The summed E-state index contributed by atoms with van der Waals surface area (Å²) in [6, 6.07) is 3.39. The van der Waals surface area contributed by atoms with Crippen molar-refractivity contribution < 1.29 is 35.6 Å². The average molecular weight is 461 g/mol. The van der Waals surface area contributed by atoms with E-state index in [9.17, 15) is 31.1 Å². The van der Waals surface area contributed by atoms with Crippen LogP contribution in [0.3, 0.4) is 0 Å². The number of hydrogen-bond donors (Lipinski definition) is 1. The maximum Gasteiger partial charge on any atom is 0.471 e. The van der Waals surface area contributed by atoms with Crippen LogP contribution in [0.1, 0.15) is 11.6 Å². The topological polar surface area (TPSA) is 93.9 Å². The van der Waals surface area contributed by atoms with Crippen molar-refractivity contribution in [3.8, 4) is 23.1 Å². The van der Waals surface area contributed by atoms with Crippen LogP contribution < -0.4 is 10.3 Å². The van der Waals surface area contributed by atoms with Crippen molar-refractivity contribution in [2.45, 2.75) is 12.4 Å². The maximum absolute atomic E-state index is 13.4. The fourth-order valence-electron chi connectivity index (χ4n) is 1.95. The van der Waals surface area contributed by atoms with Gasteiger partial charge in [0.05, 0.1) is 10.0 Å². The van der Waals surface area contributed by atoms with Crippen molar-refractivity contribution in [3.05, 3.63) is 50.2 Å². The number of aromatic nitrogens is 4. The number of benzene rings is 1. The number of nitrogens with zero attached hydrogens (tertiary/aromatic N) is 3. The van der Waals surface area contributed by atoms with E-state index >= 15 is 0 Å². The summed E-state index contributed by atoms with van der Waals surface area (Å²) in [5.41, 5.74) is -3.30. The molecule has 0 bridgehead atoms. The zero-order valence-corrected chi connectivity index (χ0v) is 14.8. The van der Waals surface area contributed by atoms with Gasteiger partial charge in [-0.2, -0.15) is 31.3 Å². The van der Waals surface area contributed by atoms with Gasteiger partial charge in [-0.1, -0.05) is 28.4 Å². The second-order valence-corrected chi connectivity index (χ2v) is 6.00. The lowest BCUT2D eigenvalue weighted by Crippen LogP contribution is -2.21. The predicted molar refractivity (Wildman–Crippen MR) is 84.7 cm³/mol. The van der Waals surface area contributed by atoms with E-state index in [0.717, 1.165) is 12.1 Å². The van der Waals surface area contributed by atoms with Crippen molar-refractivity contribution in [2.75, 3.05) is 0 Å². The van der Waals surface area contributed by atoms with Crippen molar-refractivity contribution >= 4 is 23.2 Å². The van der Waals surface area contributed by atoms with Crippen LogP contribution in [0.2, 0.25) is 10.0 Å². The summed E-state index contributed by atoms with van der Waals surface area (Å²) in [7, 11) is 0. The average Bonchev–Trinajstić information content (AvgIpc) is 3.09. The van der Waals surface area contributed by atoms with E-state index in [1.165, 1.54) is 6.07 Å². The van der Waals surface area contributed by atoms with E-state index in [1.807, 2.05) is 4.98 Å². The van der Waals surface area contributed by atoms with Crippen LogP contribution in [0.5, 0.6) is 11.5 Å². The third kappa shape index (κ3) is 4.45. The van der Waals surface area contributed by atoms with E-state index in [4.69, 9.17) is 27.9 Å². The Hall–Kier alpha value is -2.80. The molecule has 3 rings (SSSR count). The fraction of sp³-hybridized carbons (Fsp3) is 0.143. The number of hydrogen-bond acceptors (Lipinski definition) is 6. The standard InChI is InChI=1S/C14H4Cl2F6N4O3/c15-5-2-1-4(3-6(5)16)28-7-8(13(17,18)19)23-9(24-11(7)27)10-25-12(29-26-10)14(20,21)22/h1-3H,(H,23,24,27). The molecular weight excluding hydrogens is 457 g/mol. The Labute approximate surface area is 165 Å². The first-order valence-electron chi connectivity index (χ1n) is 7.12. The minimum atomic E-state index is -5.22. The molecule has 0 fully saturated rings. The molecule has 29 heavy (non-hydrogen) atoms. The first-order chi connectivity index (χ1) is 13.4. The van der Waals surface area contributed by atoms with Crippen LogP contribution in [-0.4, -0.2) is 20.1 Å². The van der Waals surface area contributed by atoms with Gasteiger partial charge in [0.15, 0.2) is 11.5 Å². The van der Waals surface area contributed by atoms with E-state index in [0.29, 0.717) is 0 Å². The molecule has 2 heterocycles. The van der Waals surface area contributed by atoms with Gasteiger partial charge in [-0.15, -0.1) is 0 Å². The molecule has 1 aromatic carbocycles. The summed E-state index contributed by atoms with van der Waals surface area (Å²) in [5.74, 6) is -5.41. The Morgan fingerprint density at radius 3 is 2.24 bits per heavy atom. The number of H-pyrrole nitrogens is 1. The highest BCUT2D eigenvalue weighted by atomic mass is 35.5. The van der Waals surface area contributed by atoms with Crippen molar-refractivity contribution in [3.63, 3.8) is 0 Å². The molecule has 2 aromatic heterocycles. The molecule has 0 radical (unpaired) electrons. The van der Waals surface area contributed by atoms with Crippen LogP contribution in [0, 0.1) is 0 Å². The van der Waals surface area contributed by atoms with Crippen LogP contribution in [0.4, 0.5) is 26.3 Å². The molecule has 0 aliphatic rings. The van der Waals surface area contributed by atoms with Crippen molar-refractivity contribution in [1.29, 1.82) is 0 Å². The highest BCUT2D eigenvalue weighted by Gasteiger charge is 2.41. The van der Waals surface area contributed by atoms with Gasteiger partial charge in [0.2, 0.25) is 11.6 Å². The fourth-order valence-corrected chi connectivity index (χ4v) is 2.24. The number of aromatic amines is 1.